The van der Waals surface area contributed by atoms with Crippen molar-refractivity contribution in [1.29, 1.82) is 0 Å². The monoisotopic (exact) mass is 327 g/mol. The van der Waals surface area contributed by atoms with Gasteiger partial charge in [0.25, 0.3) is 11.8 Å². The highest BCUT2D eigenvalue weighted by atomic mass is 16.2. The van der Waals surface area contributed by atoms with Gasteiger partial charge in [-0.25, -0.2) is 0 Å². The molecule has 0 spiro atoms. The fourth-order valence-electron chi connectivity index (χ4n) is 3.03. The lowest BCUT2D eigenvalue weighted by atomic mass is 10.0. The average Bonchev–Trinajstić information content (AvgIpc) is 3.14. The van der Waals surface area contributed by atoms with Gasteiger partial charge in [-0.15, -0.1) is 0 Å². The molecular formula is C17H21N5O2. The molecule has 2 amide bonds. The minimum Gasteiger partial charge on any atom is -0.354 e. The minimum atomic E-state index is -0.261. The summed E-state index contributed by atoms with van der Waals surface area (Å²) in [4.78, 5) is 30.4. The second-order valence-corrected chi connectivity index (χ2v) is 5.89. The Labute approximate surface area is 140 Å². The Morgan fingerprint density at radius 3 is 2.88 bits per heavy atom. The molecule has 7 nitrogen and oxygen atoms in total. The van der Waals surface area contributed by atoms with E-state index in [2.05, 4.69) is 15.4 Å². The molecule has 1 aliphatic rings. The van der Waals surface area contributed by atoms with Crippen LogP contribution in [0, 0.1) is 0 Å². The Kier molecular flexibility index (Phi) is 4.88. The summed E-state index contributed by atoms with van der Waals surface area (Å²) in [6.07, 6.45) is 8.23. The van der Waals surface area contributed by atoms with Gasteiger partial charge in [-0.05, 0) is 37.5 Å². The molecule has 7 heteroatoms. The van der Waals surface area contributed by atoms with Crippen molar-refractivity contribution in [1.82, 2.24) is 25.0 Å². The number of aromatic nitrogens is 3. The summed E-state index contributed by atoms with van der Waals surface area (Å²) in [7, 11) is 1.55. The first-order valence-electron chi connectivity index (χ1n) is 8.15. The van der Waals surface area contributed by atoms with Crippen LogP contribution in [0.2, 0.25) is 0 Å². The van der Waals surface area contributed by atoms with Crippen LogP contribution in [0.25, 0.3) is 0 Å². The zero-order valence-electron chi connectivity index (χ0n) is 13.7. The van der Waals surface area contributed by atoms with Gasteiger partial charge in [-0.3, -0.25) is 19.3 Å². The molecule has 0 saturated carbocycles. The molecule has 126 valence electrons. The molecule has 2 aromatic heterocycles. The predicted molar refractivity (Wildman–Crippen MR) is 88.5 cm³/mol. The van der Waals surface area contributed by atoms with E-state index in [4.69, 9.17) is 0 Å². The topological polar surface area (TPSA) is 80.1 Å². The minimum absolute atomic E-state index is 0.0391. The molecule has 3 rings (SSSR count). The van der Waals surface area contributed by atoms with E-state index < -0.39 is 0 Å². The third kappa shape index (κ3) is 3.45. The van der Waals surface area contributed by atoms with Gasteiger partial charge in [-0.2, -0.15) is 5.10 Å². The molecule has 0 bridgehead atoms. The van der Waals surface area contributed by atoms with E-state index in [9.17, 15) is 9.59 Å². The molecule has 0 aliphatic carbocycles. The first-order chi connectivity index (χ1) is 11.7. The van der Waals surface area contributed by atoms with Gasteiger partial charge in [0, 0.05) is 32.2 Å². The van der Waals surface area contributed by atoms with Crippen LogP contribution >= 0.6 is 0 Å². The molecule has 3 heterocycles. The summed E-state index contributed by atoms with van der Waals surface area (Å²) in [6.45, 7) is 1.43. The maximum atomic E-state index is 12.8. The van der Waals surface area contributed by atoms with Gasteiger partial charge in [0.2, 0.25) is 0 Å². The molecular weight excluding hydrogens is 306 g/mol. The molecule has 2 aromatic rings. The maximum Gasteiger partial charge on any atom is 0.269 e. The first kappa shape index (κ1) is 16.2. The Hall–Kier alpha value is -2.70. The van der Waals surface area contributed by atoms with Crippen molar-refractivity contribution >= 4 is 11.8 Å². The molecule has 1 atom stereocenters. The van der Waals surface area contributed by atoms with Crippen LogP contribution in [0.3, 0.4) is 0 Å². The van der Waals surface area contributed by atoms with Crippen molar-refractivity contribution in [3.63, 3.8) is 0 Å². The fourth-order valence-corrected chi connectivity index (χ4v) is 3.03. The number of amides is 2. The third-order valence-electron chi connectivity index (χ3n) is 4.32. The van der Waals surface area contributed by atoms with E-state index in [1.165, 1.54) is 6.20 Å². The van der Waals surface area contributed by atoms with E-state index >= 15 is 0 Å². The standard InChI is InChI=1S/C17H21N5O2/c1-18-16(23)15-7-6-13(11-19-15)17(24)22-10-3-2-5-14(22)12-21-9-4-8-20-21/h4,6-9,11,14H,2-3,5,10,12H2,1H3,(H,18,23)/t14-/m0/s1. The average molecular weight is 327 g/mol. The van der Waals surface area contributed by atoms with E-state index in [0.717, 1.165) is 25.8 Å². The maximum absolute atomic E-state index is 12.8. The normalized spacial score (nSPS) is 17.5. The lowest BCUT2D eigenvalue weighted by Crippen LogP contribution is -2.46. The zero-order valence-corrected chi connectivity index (χ0v) is 13.7. The van der Waals surface area contributed by atoms with Crippen molar-refractivity contribution < 1.29 is 9.59 Å². The van der Waals surface area contributed by atoms with Crippen molar-refractivity contribution in [3.05, 3.63) is 48.0 Å². The largest absolute Gasteiger partial charge is 0.354 e. The molecule has 24 heavy (non-hydrogen) atoms. The van der Waals surface area contributed by atoms with Gasteiger partial charge in [0.05, 0.1) is 18.2 Å². The highest BCUT2D eigenvalue weighted by Crippen LogP contribution is 2.21. The number of pyridine rings is 1. The Balaban J connectivity index is 1.74. The van der Waals surface area contributed by atoms with E-state index in [1.807, 2.05) is 21.8 Å². The van der Waals surface area contributed by atoms with E-state index in [0.29, 0.717) is 17.8 Å². The third-order valence-corrected chi connectivity index (χ3v) is 4.32. The van der Waals surface area contributed by atoms with Crippen LogP contribution in [-0.2, 0) is 6.54 Å². The molecule has 1 fully saturated rings. The van der Waals surface area contributed by atoms with Crippen LogP contribution in [0.4, 0.5) is 0 Å². The lowest BCUT2D eigenvalue weighted by Gasteiger charge is -2.35. The second kappa shape index (κ2) is 7.25. The highest BCUT2D eigenvalue weighted by Gasteiger charge is 2.28. The number of nitrogens with zero attached hydrogens (tertiary/aromatic N) is 4. The van der Waals surface area contributed by atoms with Crippen LogP contribution < -0.4 is 5.32 Å². The quantitative estimate of drug-likeness (QED) is 0.919. The zero-order chi connectivity index (χ0) is 16.9. The molecule has 1 N–H and O–H groups in total. The van der Waals surface area contributed by atoms with Crippen molar-refractivity contribution in [2.45, 2.75) is 31.8 Å². The van der Waals surface area contributed by atoms with Crippen LogP contribution in [-0.4, -0.2) is 51.1 Å². The first-order valence-corrected chi connectivity index (χ1v) is 8.15. The summed E-state index contributed by atoms with van der Waals surface area (Å²) in [6, 6.07) is 5.26. The Morgan fingerprint density at radius 1 is 1.33 bits per heavy atom. The molecule has 0 radical (unpaired) electrons. The number of nitrogens with one attached hydrogen (secondary N) is 1. The summed E-state index contributed by atoms with van der Waals surface area (Å²) in [5, 5.41) is 6.76. The Bertz CT molecular complexity index is 696. The van der Waals surface area contributed by atoms with E-state index in [-0.39, 0.29) is 17.9 Å². The van der Waals surface area contributed by atoms with Crippen LogP contribution in [0.15, 0.2) is 36.8 Å². The highest BCUT2D eigenvalue weighted by molar-refractivity contribution is 5.96. The smallest absolute Gasteiger partial charge is 0.269 e. The summed E-state index contributed by atoms with van der Waals surface area (Å²) in [5.41, 5.74) is 0.816. The fraction of sp³-hybridized carbons (Fsp3) is 0.412. The van der Waals surface area contributed by atoms with Gasteiger partial charge in [0.15, 0.2) is 0 Å². The lowest BCUT2D eigenvalue weighted by molar-refractivity contribution is 0.0583. The number of rotatable bonds is 4. The summed E-state index contributed by atoms with van der Waals surface area (Å²) in [5.74, 6) is -0.300. The number of hydrogen-bond donors (Lipinski definition) is 1. The molecule has 1 saturated heterocycles. The summed E-state index contributed by atoms with van der Waals surface area (Å²) >= 11 is 0. The van der Waals surface area contributed by atoms with Crippen molar-refractivity contribution in [2.75, 3.05) is 13.6 Å². The Morgan fingerprint density at radius 2 is 2.21 bits per heavy atom. The summed E-state index contributed by atoms with van der Waals surface area (Å²) < 4.78 is 1.86. The SMILES string of the molecule is CNC(=O)c1ccc(C(=O)N2CCCC[C@H]2Cn2cccn2)cn1. The number of likely N-dealkylation sites (tertiary alicyclic amines) is 1. The molecule has 0 unspecified atom stereocenters. The number of carbonyl (C=O) groups is 2. The number of hydrogen-bond acceptors (Lipinski definition) is 4. The van der Waals surface area contributed by atoms with Crippen molar-refractivity contribution in [2.24, 2.45) is 0 Å². The van der Waals surface area contributed by atoms with Gasteiger partial charge in [-0.1, -0.05) is 0 Å². The van der Waals surface area contributed by atoms with E-state index in [1.54, 1.807) is 25.4 Å². The van der Waals surface area contributed by atoms with Gasteiger partial charge < -0.3 is 10.2 Å². The predicted octanol–water partition coefficient (Wildman–Crippen LogP) is 1.33. The number of carbonyl (C=O) groups excluding carboxylic acids is 2. The second-order valence-electron chi connectivity index (χ2n) is 5.89. The molecule has 0 aromatic carbocycles. The number of piperidine rings is 1. The van der Waals surface area contributed by atoms with Gasteiger partial charge >= 0.3 is 0 Å². The van der Waals surface area contributed by atoms with Crippen LogP contribution in [0.1, 0.15) is 40.1 Å². The van der Waals surface area contributed by atoms with Gasteiger partial charge in [0.1, 0.15) is 5.69 Å². The molecule has 1 aliphatic heterocycles. The van der Waals surface area contributed by atoms with Crippen molar-refractivity contribution in [3.8, 4) is 0 Å². The van der Waals surface area contributed by atoms with Crippen LogP contribution in [0.5, 0.6) is 0 Å².